The van der Waals surface area contributed by atoms with Crippen LogP contribution in [0.5, 0.6) is 5.75 Å². The van der Waals surface area contributed by atoms with E-state index in [1.165, 1.54) is 43.9 Å². The van der Waals surface area contributed by atoms with Crippen molar-refractivity contribution in [3.63, 3.8) is 0 Å². The van der Waals surface area contributed by atoms with Crippen LogP contribution in [0, 0.1) is 0 Å². The topological polar surface area (TPSA) is 50.7 Å². The molecule has 5 heteroatoms. The summed E-state index contributed by atoms with van der Waals surface area (Å²) in [6.45, 7) is 2.99. The van der Waals surface area contributed by atoms with E-state index in [2.05, 4.69) is 17.2 Å². The maximum atomic E-state index is 12.2. The lowest BCUT2D eigenvalue weighted by molar-refractivity contribution is -0.115. The van der Waals surface area contributed by atoms with E-state index in [0.717, 1.165) is 30.0 Å². The molecule has 0 unspecified atom stereocenters. The van der Waals surface area contributed by atoms with E-state index in [4.69, 9.17) is 4.74 Å². The highest BCUT2D eigenvalue weighted by atomic mass is 32.2. The number of para-hydroxylation sites is 1. The van der Waals surface area contributed by atoms with Gasteiger partial charge in [0.15, 0.2) is 5.17 Å². The largest absolute Gasteiger partial charge is 0.494 e. The maximum absolute atomic E-state index is 12.2. The second-order valence-electron chi connectivity index (χ2n) is 7.00. The SMILES string of the molecule is CCCCCCCCOc1ccc(/C=C2/SC(=Nc3ccccc3)NC2=O)cc1. The number of hydrogen-bond acceptors (Lipinski definition) is 4. The fraction of sp³-hybridized carbons (Fsp3) is 0.333. The van der Waals surface area contributed by atoms with Gasteiger partial charge in [0.25, 0.3) is 5.91 Å². The van der Waals surface area contributed by atoms with Crippen LogP contribution in [0.2, 0.25) is 0 Å². The summed E-state index contributed by atoms with van der Waals surface area (Å²) < 4.78 is 5.82. The Morgan fingerprint density at radius 1 is 0.966 bits per heavy atom. The number of carbonyl (C=O) groups is 1. The number of nitrogens with zero attached hydrogens (tertiary/aromatic N) is 1. The van der Waals surface area contributed by atoms with Gasteiger partial charge in [-0.3, -0.25) is 4.79 Å². The fourth-order valence-corrected chi connectivity index (χ4v) is 3.83. The Labute approximate surface area is 177 Å². The molecule has 1 aliphatic heterocycles. The molecule has 1 saturated heterocycles. The molecular formula is C24H28N2O2S. The molecular weight excluding hydrogens is 380 g/mol. The number of amidine groups is 1. The minimum Gasteiger partial charge on any atom is -0.494 e. The van der Waals surface area contributed by atoms with E-state index in [0.29, 0.717) is 10.1 Å². The van der Waals surface area contributed by atoms with E-state index in [1.54, 1.807) is 0 Å². The maximum Gasteiger partial charge on any atom is 0.264 e. The number of benzene rings is 2. The number of rotatable bonds is 10. The van der Waals surface area contributed by atoms with Crippen molar-refractivity contribution in [1.29, 1.82) is 0 Å². The van der Waals surface area contributed by atoms with Gasteiger partial charge in [0, 0.05) is 0 Å². The molecule has 152 valence electrons. The van der Waals surface area contributed by atoms with E-state index < -0.39 is 0 Å². The van der Waals surface area contributed by atoms with Crippen molar-refractivity contribution in [2.45, 2.75) is 45.4 Å². The lowest BCUT2D eigenvalue weighted by atomic mass is 10.1. The van der Waals surface area contributed by atoms with Gasteiger partial charge in [-0.05, 0) is 54.1 Å². The molecule has 4 nitrogen and oxygen atoms in total. The molecule has 0 saturated carbocycles. The third-order valence-corrected chi connectivity index (χ3v) is 5.49. The van der Waals surface area contributed by atoms with Gasteiger partial charge >= 0.3 is 0 Å². The summed E-state index contributed by atoms with van der Waals surface area (Å²) in [5.74, 6) is 0.753. The number of hydrogen-bond donors (Lipinski definition) is 1. The van der Waals surface area contributed by atoms with Gasteiger partial charge in [-0.2, -0.15) is 0 Å². The van der Waals surface area contributed by atoms with Crippen LogP contribution in [0.4, 0.5) is 5.69 Å². The van der Waals surface area contributed by atoms with Crippen molar-refractivity contribution in [3.05, 3.63) is 65.1 Å². The number of ether oxygens (including phenoxy) is 1. The predicted octanol–water partition coefficient (Wildman–Crippen LogP) is 6.32. The molecule has 29 heavy (non-hydrogen) atoms. The summed E-state index contributed by atoms with van der Waals surface area (Å²) in [4.78, 5) is 17.3. The number of carbonyl (C=O) groups excluding carboxylic acids is 1. The molecule has 2 aromatic rings. The van der Waals surface area contributed by atoms with Crippen molar-refractivity contribution >= 4 is 34.6 Å². The van der Waals surface area contributed by atoms with Crippen LogP contribution >= 0.6 is 11.8 Å². The number of aliphatic imine (C=N–C) groups is 1. The molecule has 3 rings (SSSR count). The van der Waals surface area contributed by atoms with E-state index in [-0.39, 0.29) is 5.91 Å². The van der Waals surface area contributed by atoms with Crippen molar-refractivity contribution in [2.24, 2.45) is 4.99 Å². The molecule has 1 fully saturated rings. The fourth-order valence-electron chi connectivity index (χ4n) is 2.98. The minimum atomic E-state index is -0.118. The Balaban J connectivity index is 1.49. The molecule has 1 aliphatic rings. The molecule has 0 spiro atoms. The zero-order valence-electron chi connectivity index (χ0n) is 16.9. The minimum absolute atomic E-state index is 0.118. The standard InChI is InChI=1S/C24H28N2O2S/c1-2-3-4-5-6-10-17-28-21-15-13-19(14-16-21)18-22-23(27)26-24(29-22)25-20-11-8-7-9-12-20/h7-9,11-16,18H,2-6,10,17H2,1H3,(H,25,26,27)/b22-18+. The summed E-state index contributed by atoms with van der Waals surface area (Å²) in [6.07, 6.45) is 9.42. The van der Waals surface area contributed by atoms with Gasteiger partial charge < -0.3 is 10.1 Å². The Morgan fingerprint density at radius 2 is 1.69 bits per heavy atom. The van der Waals surface area contributed by atoms with Crippen molar-refractivity contribution in [1.82, 2.24) is 5.32 Å². The lowest BCUT2D eigenvalue weighted by Crippen LogP contribution is -2.19. The predicted molar refractivity (Wildman–Crippen MR) is 123 cm³/mol. The molecule has 1 N–H and O–H groups in total. The Hall–Kier alpha value is -2.53. The van der Waals surface area contributed by atoms with Gasteiger partial charge in [-0.1, -0.05) is 69.4 Å². The first-order valence-electron chi connectivity index (χ1n) is 10.3. The summed E-state index contributed by atoms with van der Waals surface area (Å²) in [7, 11) is 0. The van der Waals surface area contributed by atoms with Crippen molar-refractivity contribution in [3.8, 4) is 5.75 Å². The van der Waals surface area contributed by atoms with Gasteiger partial charge in [0.1, 0.15) is 5.75 Å². The monoisotopic (exact) mass is 408 g/mol. The first-order valence-corrected chi connectivity index (χ1v) is 11.1. The number of thioether (sulfide) groups is 1. The highest BCUT2D eigenvalue weighted by molar-refractivity contribution is 8.18. The molecule has 2 aromatic carbocycles. The second-order valence-corrected chi connectivity index (χ2v) is 8.03. The number of amides is 1. The zero-order valence-corrected chi connectivity index (χ0v) is 17.7. The second kappa shape index (κ2) is 11.5. The summed E-state index contributed by atoms with van der Waals surface area (Å²) in [6, 6.07) is 17.5. The quantitative estimate of drug-likeness (QED) is 0.370. The zero-order chi connectivity index (χ0) is 20.3. The van der Waals surface area contributed by atoms with Crippen molar-refractivity contribution < 1.29 is 9.53 Å². The molecule has 1 amide bonds. The summed E-state index contributed by atoms with van der Waals surface area (Å²) >= 11 is 1.36. The smallest absolute Gasteiger partial charge is 0.264 e. The van der Waals surface area contributed by atoms with Crippen LogP contribution < -0.4 is 10.1 Å². The number of nitrogens with one attached hydrogen (secondary N) is 1. The van der Waals surface area contributed by atoms with Gasteiger partial charge in [0.05, 0.1) is 17.2 Å². The molecule has 0 aromatic heterocycles. The third kappa shape index (κ3) is 7.09. The first-order chi connectivity index (χ1) is 14.2. The third-order valence-electron chi connectivity index (χ3n) is 4.58. The average Bonchev–Trinajstić information content (AvgIpc) is 3.08. The van der Waals surface area contributed by atoms with E-state index in [1.807, 2.05) is 60.7 Å². The highest BCUT2D eigenvalue weighted by Gasteiger charge is 2.23. The van der Waals surface area contributed by atoms with Crippen LogP contribution in [-0.2, 0) is 4.79 Å². The molecule has 0 radical (unpaired) electrons. The molecule has 0 bridgehead atoms. The highest BCUT2D eigenvalue weighted by Crippen LogP contribution is 2.28. The van der Waals surface area contributed by atoms with E-state index >= 15 is 0 Å². The lowest BCUT2D eigenvalue weighted by Gasteiger charge is -2.06. The summed E-state index contributed by atoms with van der Waals surface area (Å²) in [5, 5.41) is 3.42. The first kappa shape index (κ1) is 21.2. The van der Waals surface area contributed by atoms with Gasteiger partial charge in [-0.15, -0.1) is 0 Å². The van der Waals surface area contributed by atoms with Crippen molar-refractivity contribution in [2.75, 3.05) is 6.61 Å². The van der Waals surface area contributed by atoms with Crippen LogP contribution in [0.15, 0.2) is 64.5 Å². The molecule has 0 aliphatic carbocycles. The average molecular weight is 409 g/mol. The normalized spacial score (nSPS) is 16.4. The Bertz CT molecular complexity index is 845. The molecule has 1 heterocycles. The Kier molecular flexibility index (Phi) is 8.38. The Morgan fingerprint density at radius 3 is 2.45 bits per heavy atom. The van der Waals surface area contributed by atoms with Gasteiger partial charge in [-0.25, -0.2) is 4.99 Å². The number of unbranched alkanes of at least 4 members (excludes halogenated alkanes) is 5. The summed E-state index contributed by atoms with van der Waals surface area (Å²) in [5.41, 5.74) is 1.79. The molecule has 0 atom stereocenters. The van der Waals surface area contributed by atoms with E-state index in [9.17, 15) is 4.79 Å². The van der Waals surface area contributed by atoms with Crippen LogP contribution in [-0.4, -0.2) is 17.7 Å². The van der Waals surface area contributed by atoms with Gasteiger partial charge in [0.2, 0.25) is 0 Å². The van der Waals surface area contributed by atoms with Crippen LogP contribution in [0.25, 0.3) is 6.08 Å². The van der Waals surface area contributed by atoms with Crippen LogP contribution in [0.1, 0.15) is 51.0 Å². The van der Waals surface area contributed by atoms with Crippen LogP contribution in [0.3, 0.4) is 0 Å².